The lowest BCUT2D eigenvalue weighted by molar-refractivity contribution is 0.0204. The molecule has 1 atom stereocenters. The summed E-state index contributed by atoms with van der Waals surface area (Å²) in [7, 11) is 0. The van der Waals surface area contributed by atoms with Crippen LogP contribution in [0.3, 0.4) is 0 Å². The van der Waals surface area contributed by atoms with Crippen LogP contribution in [0.25, 0.3) is 0 Å². The van der Waals surface area contributed by atoms with E-state index in [0.29, 0.717) is 12.4 Å². The Hall–Kier alpha value is -1.06. The Kier molecular flexibility index (Phi) is 4.59. The van der Waals surface area contributed by atoms with Crippen LogP contribution in [-0.4, -0.2) is 18.5 Å². The van der Waals surface area contributed by atoms with Crippen molar-refractivity contribution in [1.29, 1.82) is 0 Å². The number of aryl methyl sites for hydroxylation is 1. The van der Waals surface area contributed by atoms with E-state index in [9.17, 15) is 5.11 Å². The Labute approximate surface area is 90.6 Å². The normalized spacial score (nSPS) is 12.5. The second-order valence-electron chi connectivity index (χ2n) is 3.47. The van der Waals surface area contributed by atoms with Crippen molar-refractivity contribution in [3.8, 4) is 5.75 Å². The lowest BCUT2D eigenvalue weighted by Gasteiger charge is -2.13. The average Bonchev–Trinajstić information content (AvgIpc) is 2.20. The predicted octanol–water partition coefficient (Wildman–Crippen LogP) is 2.42. The number of aliphatic hydroxyl groups excluding tert-OH is 1. The smallest absolute Gasteiger partial charge is 0.189 e. The van der Waals surface area contributed by atoms with Crippen molar-refractivity contribution in [2.24, 2.45) is 0 Å². The number of rotatable bonds is 5. The minimum absolute atomic E-state index is 0.222. The van der Waals surface area contributed by atoms with Crippen molar-refractivity contribution in [2.75, 3.05) is 13.4 Å². The van der Waals surface area contributed by atoms with Crippen molar-refractivity contribution in [3.05, 3.63) is 29.3 Å². The van der Waals surface area contributed by atoms with Crippen molar-refractivity contribution in [3.63, 3.8) is 0 Å². The second-order valence-corrected chi connectivity index (χ2v) is 3.47. The molecule has 0 saturated heterocycles. The van der Waals surface area contributed by atoms with E-state index in [0.717, 1.165) is 11.1 Å². The zero-order valence-corrected chi connectivity index (χ0v) is 9.49. The number of aliphatic hydroxyl groups is 1. The van der Waals surface area contributed by atoms with Crippen LogP contribution in [0.5, 0.6) is 5.75 Å². The minimum atomic E-state index is -0.526. The summed E-state index contributed by atoms with van der Waals surface area (Å²) >= 11 is 0. The largest absolute Gasteiger partial charge is 0.467 e. The first-order chi connectivity index (χ1) is 7.15. The molecule has 15 heavy (non-hydrogen) atoms. The van der Waals surface area contributed by atoms with Gasteiger partial charge < -0.3 is 14.6 Å². The van der Waals surface area contributed by atoms with Crippen LogP contribution in [-0.2, 0) is 4.74 Å². The van der Waals surface area contributed by atoms with Crippen molar-refractivity contribution in [1.82, 2.24) is 0 Å². The monoisotopic (exact) mass is 210 g/mol. The Bertz CT molecular complexity index is 308. The van der Waals surface area contributed by atoms with Gasteiger partial charge >= 0.3 is 0 Å². The predicted molar refractivity (Wildman–Crippen MR) is 58.9 cm³/mol. The van der Waals surface area contributed by atoms with E-state index in [-0.39, 0.29) is 6.79 Å². The van der Waals surface area contributed by atoms with Crippen LogP contribution in [0.15, 0.2) is 18.2 Å². The molecule has 1 aromatic rings. The summed E-state index contributed by atoms with van der Waals surface area (Å²) in [5, 5.41) is 9.56. The Morgan fingerprint density at radius 3 is 2.73 bits per heavy atom. The average molecular weight is 210 g/mol. The molecule has 1 aromatic carbocycles. The van der Waals surface area contributed by atoms with E-state index >= 15 is 0 Å². The summed E-state index contributed by atoms with van der Waals surface area (Å²) in [6.07, 6.45) is -0.526. The number of ether oxygens (including phenoxy) is 2. The minimum Gasteiger partial charge on any atom is -0.467 e. The van der Waals surface area contributed by atoms with Gasteiger partial charge in [0.15, 0.2) is 6.79 Å². The first-order valence-electron chi connectivity index (χ1n) is 5.14. The molecule has 0 amide bonds. The molecule has 0 unspecified atom stereocenters. The van der Waals surface area contributed by atoms with Gasteiger partial charge in [0.05, 0.1) is 6.10 Å². The van der Waals surface area contributed by atoms with E-state index in [4.69, 9.17) is 9.47 Å². The first kappa shape index (κ1) is 12.0. The van der Waals surface area contributed by atoms with Gasteiger partial charge in [-0.15, -0.1) is 0 Å². The Morgan fingerprint density at radius 1 is 1.40 bits per heavy atom. The standard InChI is InChI=1S/C12H18O3/c1-4-14-8-15-12-6-5-9(2)7-11(12)10(3)13/h5-7,10,13H,4,8H2,1-3H3/t10-/m0/s1. The molecule has 0 fully saturated rings. The first-order valence-corrected chi connectivity index (χ1v) is 5.14. The quantitative estimate of drug-likeness (QED) is 0.599. The molecule has 0 spiro atoms. The third-order valence-corrected chi connectivity index (χ3v) is 2.12. The van der Waals surface area contributed by atoms with Crippen LogP contribution in [0, 0.1) is 6.92 Å². The maximum absolute atomic E-state index is 9.56. The lowest BCUT2D eigenvalue weighted by atomic mass is 10.1. The van der Waals surface area contributed by atoms with Crippen LogP contribution < -0.4 is 4.74 Å². The van der Waals surface area contributed by atoms with Gasteiger partial charge in [-0.3, -0.25) is 0 Å². The van der Waals surface area contributed by atoms with Crippen LogP contribution in [0.2, 0.25) is 0 Å². The number of hydrogen-bond acceptors (Lipinski definition) is 3. The van der Waals surface area contributed by atoms with E-state index in [1.54, 1.807) is 6.92 Å². The zero-order valence-electron chi connectivity index (χ0n) is 9.49. The SMILES string of the molecule is CCOCOc1ccc(C)cc1[C@H](C)O. The van der Waals surface area contributed by atoms with Gasteiger partial charge in [-0.25, -0.2) is 0 Å². The maximum Gasteiger partial charge on any atom is 0.189 e. The molecule has 0 bridgehead atoms. The fraction of sp³-hybridized carbons (Fsp3) is 0.500. The highest BCUT2D eigenvalue weighted by Crippen LogP contribution is 2.26. The van der Waals surface area contributed by atoms with Crippen molar-refractivity contribution in [2.45, 2.75) is 26.9 Å². The Morgan fingerprint density at radius 2 is 2.13 bits per heavy atom. The molecule has 3 heteroatoms. The Balaban J connectivity index is 2.77. The summed E-state index contributed by atoms with van der Waals surface area (Å²) in [5.74, 6) is 0.684. The molecular formula is C12H18O3. The second kappa shape index (κ2) is 5.73. The molecule has 0 aromatic heterocycles. The highest BCUT2D eigenvalue weighted by atomic mass is 16.7. The third-order valence-electron chi connectivity index (χ3n) is 2.12. The van der Waals surface area contributed by atoms with E-state index < -0.39 is 6.10 Å². The molecule has 0 aliphatic carbocycles. The van der Waals surface area contributed by atoms with Gasteiger partial charge in [0.1, 0.15) is 5.75 Å². The van der Waals surface area contributed by atoms with Gasteiger partial charge in [0.2, 0.25) is 0 Å². The summed E-state index contributed by atoms with van der Waals surface area (Å²) in [5.41, 5.74) is 1.91. The molecule has 3 nitrogen and oxygen atoms in total. The number of hydrogen-bond donors (Lipinski definition) is 1. The number of benzene rings is 1. The van der Waals surface area contributed by atoms with Crippen molar-refractivity contribution < 1.29 is 14.6 Å². The summed E-state index contributed by atoms with van der Waals surface area (Å²) in [6.45, 7) is 6.46. The summed E-state index contributed by atoms with van der Waals surface area (Å²) in [4.78, 5) is 0. The zero-order chi connectivity index (χ0) is 11.3. The molecule has 0 heterocycles. The van der Waals surface area contributed by atoms with Gasteiger partial charge in [0, 0.05) is 12.2 Å². The molecule has 1 N–H and O–H groups in total. The summed E-state index contributed by atoms with van der Waals surface area (Å²) in [6, 6.07) is 5.73. The molecule has 0 aliphatic rings. The van der Waals surface area contributed by atoms with E-state index in [1.807, 2.05) is 32.0 Å². The van der Waals surface area contributed by atoms with Gasteiger partial charge in [0.25, 0.3) is 0 Å². The molecular weight excluding hydrogens is 192 g/mol. The van der Waals surface area contributed by atoms with E-state index in [1.165, 1.54) is 0 Å². The topological polar surface area (TPSA) is 38.7 Å². The maximum atomic E-state index is 9.56. The molecule has 84 valence electrons. The van der Waals surface area contributed by atoms with Gasteiger partial charge in [-0.2, -0.15) is 0 Å². The molecule has 0 saturated carbocycles. The fourth-order valence-corrected chi connectivity index (χ4v) is 1.31. The van der Waals surface area contributed by atoms with Crippen molar-refractivity contribution >= 4 is 0 Å². The fourth-order valence-electron chi connectivity index (χ4n) is 1.31. The molecule has 0 aliphatic heterocycles. The van der Waals surface area contributed by atoms with Crippen LogP contribution >= 0.6 is 0 Å². The van der Waals surface area contributed by atoms with Gasteiger partial charge in [-0.05, 0) is 32.9 Å². The van der Waals surface area contributed by atoms with Gasteiger partial charge in [-0.1, -0.05) is 11.6 Å². The summed E-state index contributed by atoms with van der Waals surface area (Å²) < 4.78 is 10.5. The van der Waals surface area contributed by atoms with E-state index in [2.05, 4.69) is 0 Å². The van der Waals surface area contributed by atoms with Crippen LogP contribution in [0.1, 0.15) is 31.1 Å². The molecule has 0 radical (unpaired) electrons. The lowest BCUT2D eigenvalue weighted by Crippen LogP contribution is -2.05. The van der Waals surface area contributed by atoms with Crippen LogP contribution in [0.4, 0.5) is 0 Å². The molecule has 1 rings (SSSR count). The highest BCUT2D eigenvalue weighted by molar-refractivity contribution is 5.38. The highest BCUT2D eigenvalue weighted by Gasteiger charge is 2.09. The third kappa shape index (κ3) is 3.53.